The standard InChI is InChI=1S/C20H27N3O4/c1-13(2)21-18(24)11-23-16-10-15(4-5-17(16)27-12-19(23)25)20(26)22-8-6-14(3)7-9-22/h4-5,10,13-14H,6-9,11-12H2,1-3H3,(H,21,24). The highest BCUT2D eigenvalue weighted by molar-refractivity contribution is 6.04. The Morgan fingerprint density at radius 1 is 1.26 bits per heavy atom. The van der Waals surface area contributed by atoms with E-state index in [4.69, 9.17) is 4.74 Å². The highest BCUT2D eigenvalue weighted by Crippen LogP contribution is 2.33. The number of amides is 3. The molecule has 7 heteroatoms. The molecule has 1 aromatic carbocycles. The van der Waals surface area contributed by atoms with Crippen molar-refractivity contribution in [3.05, 3.63) is 23.8 Å². The third kappa shape index (κ3) is 4.40. The molecule has 2 heterocycles. The summed E-state index contributed by atoms with van der Waals surface area (Å²) in [6.45, 7) is 7.21. The molecule has 0 atom stereocenters. The molecular formula is C20H27N3O4. The molecule has 0 radical (unpaired) electrons. The van der Waals surface area contributed by atoms with Crippen LogP contribution in [-0.4, -0.2) is 54.9 Å². The maximum Gasteiger partial charge on any atom is 0.265 e. The van der Waals surface area contributed by atoms with Crippen LogP contribution >= 0.6 is 0 Å². The van der Waals surface area contributed by atoms with Gasteiger partial charge in [-0.25, -0.2) is 0 Å². The van der Waals surface area contributed by atoms with Crippen molar-refractivity contribution in [2.45, 2.75) is 39.7 Å². The van der Waals surface area contributed by atoms with Gasteiger partial charge < -0.3 is 15.0 Å². The smallest absolute Gasteiger partial charge is 0.265 e. The van der Waals surface area contributed by atoms with Crippen LogP contribution in [0.1, 0.15) is 44.0 Å². The molecule has 1 aromatic rings. The fraction of sp³-hybridized carbons (Fsp3) is 0.550. The topological polar surface area (TPSA) is 79.0 Å². The molecular weight excluding hydrogens is 346 g/mol. The number of carbonyl (C=O) groups is 3. The van der Waals surface area contributed by atoms with E-state index >= 15 is 0 Å². The van der Waals surface area contributed by atoms with E-state index in [0.717, 1.165) is 25.9 Å². The van der Waals surface area contributed by atoms with Gasteiger partial charge in [0, 0.05) is 24.7 Å². The molecule has 1 saturated heterocycles. The number of rotatable bonds is 4. The van der Waals surface area contributed by atoms with Crippen molar-refractivity contribution in [2.75, 3.05) is 31.1 Å². The van der Waals surface area contributed by atoms with Crippen LogP contribution in [0.4, 0.5) is 5.69 Å². The molecule has 0 bridgehead atoms. The van der Waals surface area contributed by atoms with Crippen molar-refractivity contribution in [1.29, 1.82) is 0 Å². The number of likely N-dealkylation sites (tertiary alicyclic amines) is 1. The molecule has 0 saturated carbocycles. The molecule has 0 aromatic heterocycles. The molecule has 0 aliphatic carbocycles. The second-order valence-corrected chi connectivity index (χ2v) is 7.65. The van der Waals surface area contributed by atoms with Crippen molar-refractivity contribution in [3.63, 3.8) is 0 Å². The summed E-state index contributed by atoms with van der Waals surface area (Å²) in [5, 5.41) is 2.79. The minimum absolute atomic E-state index is 0.0116. The number of fused-ring (bicyclic) bond motifs is 1. The summed E-state index contributed by atoms with van der Waals surface area (Å²) in [7, 11) is 0. The molecule has 2 aliphatic rings. The Bertz CT molecular complexity index is 739. The Hall–Kier alpha value is -2.57. The first-order chi connectivity index (χ1) is 12.8. The van der Waals surface area contributed by atoms with Gasteiger partial charge in [-0.1, -0.05) is 6.92 Å². The second-order valence-electron chi connectivity index (χ2n) is 7.65. The second kappa shape index (κ2) is 7.98. The van der Waals surface area contributed by atoms with Gasteiger partial charge in [-0.2, -0.15) is 0 Å². The lowest BCUT2D eigenvalue weighted by molar-refractivity contribution is -0.125. The van der Waals surface area contributed by atoms with Crippen LogP contribution in [0, 0.1) is 5.92 Å². The Morgan fingerprint density at radius 3 is 2.63 bits per heavy atom. The Balaban J connectivity index is 1.81. The Kier molecular flexibility index (Phi) is 5.68. The van der Waals surface area contributed by atoms with Crippen LogP contribution in [0.5, 0.6) is 5.75 Å². The normalized spacial score (nSPS) is 17.6. The average molecular weight is 373 g/mol. The van der Waals surface area contributed by atoms with Gasteiger partial charge >= 0.3 is 0 Å². The lowest BCUT2D eigenvalue weighted by atomic mass is 9.98. The summed E-state index contributed by atoms with van der Waals surface area (Å²) in [5.74, 6) is 0.564. The van der Waals surface area contributed by atoms with Crippen LogP contribution in [0.25, 0.3) is 0 Å². The molecule has 146 valence electrons. The number of anilines is 1. The van der Waals surface area contributed by atoms with Crippen LogP contribution in [0.3, 0.4) is 0 Å². The van der Waals surface area contributed by atoms with E-state index in [1.54, 1.807) is 18.2 Å². The molecule has 7 nitrogen and oxygen atoms in total. The van der Waals surface area contributed by atoms with Gasteiger partial charge in [0.25, 0.3) is 11.8 Å². The van der Waals surface area contributed by atoms with Crippen LogP contribution in [-0.2, 0) is 9.59 Å². The van der Waals surface area contributed by atoms with E-state index in [9.17, 15) is 14.4 Å². The first-order valence-electron chi connectivity index (χ1n) is 9.51. The van der Waals surface area contributed by atoms with E-state index in [1.807, 2.05) is 18.7 Å². The number of ether oxygens (including phenoxy) is 1. The van der Waals surface area contributed by atoms with Gasteiger partial charge in [-0.3, -0.25) is 19.3 Å². The van der Waals surface area contributed by atoms with Gasteiger partial charge in [0.15, 0.2) is 6.61 Å². The molecule has 0 spiro atoms. The molecule has 2 aliphatic heterocycles. The minimum atomic E-state index is -0.294. The first-order valence-corrected chi connectivity index (χ1v) is 9.51. The quantitative estimate of drug-likeness (QED) is 0.873. The van der Waals surface area contributed by atoms with Crippen LogP contribution in [0.2, 0.25) is 0 Å². The maximum absolute atomic E-state index is 12.9. The first kappa shape index (κ1) is 19.2. The van der Waals surface area contributed by atoms with Crippen molar-refractivity contribution >= 4 is 23.4 Å². The SMILES string of the molecule is CC1CCN(C(=O)c2ccc3c(c2)N(CC(=O)NC(C)C)C(=O)CO3)CC1. The van der Waals surface area contributed by atoms with Crippen LogP contribution < -0.4 is 15.0 Å². The third-order valence-electron chi connectivity index (χ3n) is 4.97. The molecule has 1 N–H and O–H groups in total. The summed E-state index contributed by atoms with van der Waals surface area (Å²) < 4.78 is 5.48. The van der Waals surface area contributed by atoms with E-state index in [-0.39, 0.29) is 36.9 Å². The lowest BCUT2D eigenvalue weighted by Gasteiger charge is -2.32. The number of hydrogen-bond acceptors (Lipinski definition) is 4. The van der Waals surface area contributed by atoms with Crippen molar-refractivity contribution < 1.29 is 19.1 Å². The summed E-state index contributed by atoms with van der Waals surface area (Å²) >= 11 is 0. The third-order valence-corrected chi connectivity index (χ3v) is 4.97. The van der Waals surface area contributed by atoms with Gasteiger partial charge in [0.2, 0.25) is 5.91 Å². The van der Waals surface area contributed by atoms with Crippen molar-refractivity contribution in [3.8, 4) is 5.75 Å². The van der Waals surface area contributed by atoms with Gasteiger partial charge in [0.05, 0.1) is 5.69 Å². The Morgan fingerprint density at radius 2 is 1.96 bits per heavy atom. The Labute approximate surface area is 159 Å². The van der Waals surface area contributed by atoms with E-state index in [1.165, 1.54) is 4.90 Å². The molecule has 1 fully saturated rings. The molecule has 0 unspecified atom stereocenters. The van der Waals surface area contributed by atoms with E-state index in [2.05, 4.69) is 12.2 Å². The average Bonchev–Trinajstić information content (AvgIpc) is 2.63. The van der Waals surface area contributed by atoms with Gasteiger partial charge in [-0.15, -0.1) is 0 Å². The number of nitrogens with one attached hydrogen (secondary N) is 1. The van der Waals surface area contributed by atoms with Gasteiger partial charge in [0.1, 0.15) is 12.3 Å². The van der Waals surface area contributed by atoms with Crippen LogP contribution in [0.15, 0.2) is 18.2 Å². The predicted molar refractivity (Wildman–Crippen MR) is 102 cm³/mol. The predicted octanol–water partition coefficient (Wildman–Crippen LogP) is 1.81. The number of hydrogen-bond donors (Lipinski definition) is 1. The van der Waals surface area contributed by atoms with Gasteiger partial charge in [-0.05, 0) is 50.8 Å². The number of nitrogens with zero attached hydrogens (tertiary/aromatic N) is 2. The minimum Gasteiger partial charge on any atom is -0.482 e. The summed E-state index contributed by atoms with van der Waals surface area (Å²) in [6, 6.07) is 5.08. The van der Waals surface area contributed by atoms with E-state index in [0.29, 0.717) is 22.9 Å². The number of benzene rings is 1. The zero-order chi connectivity index (χ0) is 19.6. The number of piperidine rings is 1. The molecule has 3 amide bonds. The zero-order valence-corrected chi connectivity index (χ0v) is 16.2. The maximum atomic E-state index is 12.9. The summed E-state index contributed by atoms with van der Waals surface area (Å²) in [6.07, 6.45) is 2.00. The van der Waals surface area contributed by atoms with E-state index < -0.39 is 0 Å². The molecule has 27 heavy (non-hydrogen) atoms. The van der Waals surface area contributed by atoms with Crippen molar-refractivity contribution in [1.82, 2.24) is 10.2 Å². The lowest BCUT2D eigenvalue weighted by Crippen LogP contribution is -2.46. The molecule has 3 rings (SSSR count). The number of carbonyl (C=O) groups excluding carboxylic acids is 3. The summed E-state index contributed by atoms with van der Waals surface area (Å²) in [5.41, 5.74) is 0.984. The monoisotopic (exact) mass is 373 g/mol. The zero-order valence-electron chi connectivity index (χ0n) is 16.2. The largest absolute Gasteiger partial charge is 0.482 e. The highest BCUT2D eigenvalue weighted by Gasteiger charge is 2.29. The fourth-order valence-electron chi connectivity index (χ4n) is 3.41. The summed E-state index contributed by atoms with van der Waals surface area (Å²) in [4.78, 5) is 40.6. The fourth-order valence-corrected chi connectivity index (χ4v) is 3.41. The van der Waals surface area contributed by atoms with Crippen molar-refractivity contribution in [2.24, 2.45) is 5.92 Å². The highest BCUT2D eigenvalue weighted by atomic mass is 16.5.